The lowest BCUT2D eigenvalue weighted by atomic mass is 10.2. The number of anilines is 1. The van der Waals surface area contributed by atoms with Gasteiger partial charge in [0.05, 0.1) is 21.3 Å². The number of benzene rings is 1. The lowest BCUT2D eigenvalue weighted by Crippen LogP contribution is -2.14. The van der Waals surface area contributed by atoms with Crippen molar-refractivity contribution in [2.75, 3.05) is 26.6 Å². The SMILES string of the molecule is COc1cc(NC(=O)c2nn(C)c(C(F)(F)F)c2Cl)cc(OC)c1OC. The van der Waals surface area contributed by atoms with Crippen LogP contribution in [0.1, 0.15) is 16.2 Å². The van der Waals surface area contributed by atoms with E-state index in [1.54, 1.807) is 0 Å². The second-order valence-electron chi connectivity index (χ2n) is 5.00. The predicted octanol–water partition coefficient (Wildman–Crippen LogP) is 3.37. The van der Waals surface area contributed by atoms with E-state index in [0.717, 1.165) is 7.05 Å². The summed E-state index contributed by atoms with van der Waals surface area (Å²) in [6, 6.07) is 2.83. The number of nitrogens with zero attached hydrogens (tertiary/aromatic N) is 2. The zero-order valence-electron chi connectivity index (χ0n) is 14.2. The summed E-state index contributed by atoms with van der Waals surface area (Å²) in [4.78, 5) is 12.3. The second kappa shape index (κ2) is 7.32. The molecule has 1 aromatic carbocycles. The predicted molar refractivity (Wildman–Crippen MR) is 87.3 cm³/mol. The first-order chi connectivity index (χ1) is 12.1. The average molecular weight is 394 g/mol. The summed E-state index contributed by atoms with van der Waals surface area (Å²) in [5.74, 6) is -0.117. The summed E-state index contributed by atoms with van der Waals surface area (Å²) < 4.78 is 54.9. The van der Waals surface area contributed by atoms with Crippen LogP contribution in [0.25, 0.3) is 0 Å². The summed E-state index contributed by atoms with van der Waals surface area (Å²) in [5, 5.41) is 5.18. The van der Waals surface area contributed by atoms with Crippen LogP contribution in [-0.2, 0) is 13.2 Å². The molecule has 0 fully saturated rings. The minimum Gasteiger partial charge on any atom is -0.493 e. The van der Waals surface area contributed by atoms with Gasteiger partial charge in [-0.1, -0.05) is 11.6 Å². The van der Waals surface area contributed by atoms with Crippen molar-refractivity contribution >= 4 is 23.2 Å². The Hall–Kier alpha value is -2.62. The van der Waals surface area contributed by atoms with Gasteiger partial charge in [0.25, 0.3) is 5.91 Å². The van der Waals surface area contributed by atoms with Gasteiger partial charge in [-0.2, -0.15) is 18.3 Å². The van der Waals surface area contributed by atoms with Crippen LogP contribution in [0.4, 0.5) is 18.9 Å². The van der Waals surface area contributed by atoms with Crippen LogP contribution in [0.15, 0.2) is 12.1 Å². The Labute approximate surface area is 151 Å². The first kappa shape index (κ1) is 19.7. The van der Waals surface area contributed by atoms with Crippen LogP contribution in [0.3, 0.4) is 0 Å². The van der Waals surface area contributed by atoms with Crippen LogP contribution in [0.2, 0.25) is 5.02 Å². The minimum absolute atomic E-state index is 0.194. The minimum atomic E-state index is -4.75. The van der Waals surface area contributed by atoms with E-state index in [-0.39, 0.29) is 17.2 Å². The number of hydrogen-bond acceptors (Lipinski definition) is 5. The van der Waals surface area contributed by atoms with Gasteiger partial charge in [-0.25, -0.2) is 0 Å². The maximum absolute atomic E-state index is 13.0. The van der Waals surface area contributed by atoms with Crippen LogP contribution in [0.5, 0.6) is 17.2 Å². The summed E-state index contributed by atoms with van der Waals surface area (Å²) in [6.07, 6.45) is -4.75. The lowest BCUT2D eigenvalue weighted by Gasteiger charge is -2.14. The van der Waals surface area contributed by atoms with Gasteiger partial charge in [0, 0.05) is 24.9 Å². The van der Waals surface area contributed by atoms with Crippen molar-refractivity contribution in [3.05, 3.63) is 28.5 Å². The van der Waals surface area contributed by atoms with E-state index < -0.39 is 28.5 Å². The Balaban J connectivity index is 2.40. The molecule has 0 aliphatic rings. The molecule has 1 N–H and O–H groups in total. The highest BCUT2D eigenvalue weighted by Gasteiger charge is 2.40. The number of halogens is 4. The average Bonchev–Trinajstić information content (AvgIpc) is 2.88. The molecular weight excluding hydrogens is 379 g/mol. The summed E-state index contributed by atoms with van der Waals surface area (Å²) in [6.45, 7) is 0. The van der Waals surface area contributed by atoms with E-state index in [1.165, 1.54) is 33.5 Å². The Morgan fingerprint density at radius 1 is 1.15 bits per heavy atom. The van der Waals surface area contributed by atoms with Crippen LogP contribution >= 0.6 is 11.6 Å². The number of ether oxygens (including phenoxy) is 3. The van der Waals surface area contributed by atoms with Gasteiger partial charge in [-0.05, 0) is 0 Å². The van der Waals surface area contributed by atoms with E-state index >= 15 is 0 Å². The van der Waals surface area contributed by atoms with E-state index in [9.17, 15) is 18.0 Å². The second-order valence-corrected chi connectivity index (χ2v) is 5.38. The van der Waals surface area contributed by atoms with Crippen molar-refractivity contribution in [2.24, 2.45) is 7.05 Å². The molecule has 0 aliphatic heterocycles. The molecule has 0 saturated carbocycles. The van der Waals surface area contributed by atoms with Crippen molar-refractivity contribution in [2.45, 2.75) is 6.18 Å². The number of methoxy groups -OCH3 is 3. The third-order valence-corrected chi connectivity index (χ3v) is 3.75. The number of amides is 1. The first-order valence-electron chi connectivity index (χ1n) is 7.05. The fourth-order valence-electron chi connectivity index (χ4n) is 2.29. The number of alkyl halides is 3. The maximum atomic E-state index is 13.0. The van der Waals surface area contributed by atoms with Crippen molar-refractivity contribution in [3.63, 3.8) is 0 Å². The monoisotopic (exact) mass is 393 g/mol. The first-order valence-corrected chi connectivity index (χ1v) is 7.42. The largest absolute Gasteiger partial charge is 0.493 e. The van der Waals surface area contributed by atoms with Gasteiger partial charge in [0.2, 0.25) is 5.75 Å². The lowest BCUT2D eigenvalue weighted by molar-refractivity contribution is -0.143. The Bertz CT molecular complexity index is 811. The fourth-order valence-corrected chi connectivity index (χ4v) is 2.65. The molecule has 0 bridgehead atoms. The smallest absolute Gasteiger partial charge is 0.434 e. The molecule has 1 amide bonds. The molecule has 1 aromatic heterocycles. The molecule has 26 heavy (non-hydrogen) atoms. The quantitative estimate of drug-likeness (QED) is 0.843. The molecule has 7 nitrogen and oxygen atoms in total. The molecule has 0 aliphatic carbocycles. The Kier molecular flexibility index (Phi) is 5.55. The van der Waals surface area contributed by atoms with E-state index in [0.29, 0.717) is 10.4 Å². The number of hydrogen-bond donors (Lipinski definition) is 1. The van der Waals surface area contributed by atoms with Crippen molar-refractivity contribution in [1.82, 2.24) is 9.78 Å². The van der Waals surface area contributed by atoms with Gasteiger partial charge < -0.3 is 19.5 Å². The normalized spacial score (nSPS) is 11.2. The molecule has 0 unspecified atom stereocenters. The number of rotatable bonds is 5. The number of nitrogens with one attached hydrogen (secondary N) is 1. The highest BCUT2D eigenvalue weighted by atomic mass is 35.5. The van der Waals surface area contributed by atoms with E-state index in [1.807, 2.05) is 0 Å². The van der Waals surface area contributed by atoms with Gasteiger partial charge in [0.1, 0.15) is 5.02 Å². The third-order valence-electron chi connectivity index (χ3n) is 3.40. The molecule has 0 atom stereocenters. The highest BCUT2D eigenvalue weighted by molar-refractivity contribution is 6.34. The topological polar surface area (TPSA) is 74.6 Å². The molecule has 0 saturated heterocycles. The summed E-state index contributed by atoms with van der Waals surface area (Å²) >= 11 is 5.71. The van der Waals surface area contributed by atoms with Crippen molar-refractivity contribution in [3.8, 4) is 17.2 Å². The van der Waals surface area contributed by atoms with Gasteiger partial charge in [0.15, 0.2) is 22.9 Å². The van der Waals surface area contributed by atoms with Crippen LogP contribution < -0.4 is 19.5 Å². The van der Waals surface area contributed by atoms with E-state index in [2.05, 4.69) is 10.4 Å². The molecule has 11 heteroatoms. The maximum Gasteiger partial charge on any atom is 0.434 e. The molecule has 142 valence electrons. The Morgan fingerprint density at radius 2 is 1.69 bits per heavy atom. The zero-order valence-corrected chi connectivity index (χ0v) is 14.9. The standard InChI is InChI=1S/C15H15ClF3N3O4/c1-22-13(15(17,18)19)10(16)11(21-22)14(23)20-7-5-8(24-2)12(26-4)9(6-7)25-3/h5-6H,1-4H3,(H,20,23). The number of aryl methyl sites for hydroxylation is 1. The number of carbonyl (C=O) groups is 1. The number of aromatic nitrogens is 2. The third kappa shape index (κ3) is 3.64. The van der Waals surface area contributed by atoms with E-state index in [4.69, 9.17) is 25.8 Å². The van der Waals surface area contributed by atoms with Crippen LogP contribution in [-0.4, -0.2) is 37.0 Å². The van der Waals surface area contributed by atoms with Crippen molar-refractivity contribution in [1.29, 1.82) is 0 Å². The number of carbonyl (C=O) groups excluding carboxylic acids is 1. The van der Waals surface area contributed by atoms with Gasteiger partial charge in [-0.15, -0.1) is 0 Å². The van der Waals surface area contributed by atoms with Crippen LogP contribution in [0, 0.1) is 0 Å². The van der Waals surface area contributed by atoms with Gasteiger partial charge in [-0.3, -0.25) is 9.48 Å². The Morgan fingerprint density at radius 3 is 2.08 bits per heavy atom. The summed E-state index contributed by atoms with van der Waals surface area (Å²) in [7, 11) is 5.22. The van der Waals surface area contributed by atoms with Gasteiger partial charge >= 0.3 is 6.18 Å². The molecule has 2 aromatic rings. The summed E-state index contributed by atoms with van der Waals surface area (Å²) in [5.41, 5.74) is -1.58. The molecule has 1 heterocycles. The molecule has 2 rings (SSSR count). The zero-order chi connectivity index (χ0) is 19.6. The fraction of sp³-hybridized carbons (Fsp3) is 0.333. The van der Waals surface area contributed by atoms with Crippen molar-refractivity contribution < 1.29 is 32.2 Å². The highest BCUT2D eigenvalue weighted by Crippen LogP contribution is 2.40. The molecule has 0 radical (unpaired) electrons. The molecular formula is C15H15ClF3N3O4. The molecule has 0 spiro atoms.